The average Bonchev–Trinajstić information content (AvgIpc) is 2.29. The Kier molecular flexibility index (Phi) is 4.75. The molecule has 0 heterocycles. The Hall–Kier alpha value is -1.08. The maximum absolute atomic E-state index is 11.9. The summed E-state index contributed by atoms with van der Waals surface area (Å²) in [5.41, 5.74) is -0.809. The van der Waals surface area contributed by atoms with Crippen molar-refractivity contribution in [2.24, 2.45) is 5.41 Å². The molecule has 0 aromatic rings. The molecule has 0 aromatic carbocycles. The lowest BCUT2D eigenvalue weighted by atomic mass is 9.74. The zero-order valence-corrected chi connectivity index (χ0v) is 9.83. The van der Waals surface area contributed by atoms with Gasteiger partial charge in [-0.3, -0.25) is 4.79 Å². The third kappa shape index (κ3) is 3.21. The van der Waals surface area contributed by atoms with E-state index in [-0.39, 0.29) is 5.91 Å². The molecule has 1 saturated carbocycles. The minimum atomic E-state index is -0.809. The lowest BCUT2D eigenvalue weighted by Gasteiger charge is -2.29. The highest BCUT2D eigenvalue weighted by atomic mass is 16.3. The molecule has 0 bridgehead atoms. The molecule has 16 heavy (non-hydrogen) atoms. The van der Waals surface area contributed by atoms with Crippen LogP contribution in [0.4, 0.5) is 0 Å². The number of nitrogens with zero attached hydrogens (tertiary/aromatic N) is 1. The molecular weight excluding hydrogens is 204 g/mol. The van der Waals surface area contributed by atoms with Gasteiger partial charge in [0.25, 0.3) is 0 Å². The van der Waals surface area contributed by atoms with Gasteiger partial charge in [-0.25, -0.2) is 0 Å². The Morgan fingerprint density at radius 2 is 2.12 bits per heavy atom. The van der Waals surface area contributed by atoms with Crippen molar-refractivity contribution in [1.29, 1.82) is 5.26 Å². The molecule has 0 saturated heterocycles. The summed E-state index contributed by atoms with van der Waals surface area (Å²) in [5.74, 6) is -0.157. The smallest absolute Gasteiger partial charge is 0.240 e. The average molecular weight is 224 g/mol. The lowest BCUT2D eigenvalue weighted by Crippen LogP contribution is -2.42. The van der Waals surface area contributed by atoms with E-state index in [4.69, 9.17) is 10.4 Å². The molecule has 1 rings (SSSR count). The maximum Gasteiger partial charge on any atom is 0.240 e. The summed E-state index contributed by atoms with van der Waals surface area (Å²) >= 11 is 0. The van der Waals surface area contributed by atoms with Gasteiger partial charge in [-0.05, 0) is 26.2 Å². The number of aliphatic hydroxyl groups excluding tert-OH is 1. The molecule has 1 unspecified atom stereocenters. The van der Waals surface area contributed by atoms with Crippen LogP contribution >= 0.6 is 0 Å². The number of nitriles is 1. The molecule has 90 valence electrons. The predicted octanol–water partition coefficient (Wildman–Crippen LogP) is 1.35. The molecule has 0 aliphatic heterocycles. The molecule has 1 atom stereocenters. The molecule has 0 spiro atoms. The molecule has 1 aliphatic carbocycles. The maximum atomic E-state index is 11.9. The molecule has 1 fully saturated rings. The molecule has 1 amide bonds. The number of carbonyl (C=O) groups excluding carboxylic acids is 1. The van der Waals surface area contributed by atoms with Crippen LogP contribution in [0.15, 0.2) is 0 Å². The summed E-state index contributed by atoms with van der Waals surface area (Å²) < 4.78 is 0. The van der Waals surface area contributed by atoms with Gasteiger partial charge >= 0.3 is 0 Å². The van der Waals surface area contributed by atoms with E-state index < -0.39 is 11.5 Å². The SMILES string of the molecule is CC(O)CCNC(=O)C1(C#N)CCCCC1. The van der Waals surface area contributed by atoms with Crippen LogP contribution in [0.25, 0.3) is 0 Å². The Morgan fingerprint density at radius 3 is 2.62 bits per heavy atom. The van der Waals surface area contributed by atoms with Gasteiger partial charge in [-0.1, -0.05) is 19.3 Å². The third-order valence-electron chi connectivity index (χ3n) is 3.20. The third-order valence-corrected chi connectivity index (χ3v) is 3.20. The molecular formula is C12H20N2O2. The number of amides is 1. The van der Waals surface area contributed by atoms with Crippen LogP contribution in [0, 0.1) is 16.7 Å². The van der Waals surface area contributed by atoms with Gasteiger partial charge in [0.1, 0.15) is 5.41 Å². The Morgan fingerprint density at radius 1 is 1.50 bits per heavy atom. The van der Waals surface area contributed by atoms with Gasteiger partial charge in [-0.2, -0.15) is 5.26 Å². The van der Waals surface area contributed by atoms with Crippen molar-refractivity contribution in [3.63, 3.8) is 0 Å². The highest BCUT2D eigenvalue weighted by Gasteiger charge is 2.39. The lowest BCUT2D eigenvalue weighted by molar-refractivity contribution is -0.129. The summed E-state index contributed by atoms with van der Waals surface area (Å²) in [6, 6.07) is 2.18. The van der Waals surface area contributed by atoms with Gasteiger partial charge in [0, 0.05) is 6.54 Å². The van der Waals surface area contributed by atoms with Crippen molar-refractivity contribution in [2.45, 2.75) is 51.6 Å². The van der Waals surface area contributed by atoms with E-state index in [1.165, 1.54) is 0 Å². The van der Waals surface area contributed by atoms with Gasteiger partial charge in [0.2, 0.25) is 5.91 Å². The first-order chi connectivity index (χ1) is 7.60. The van der Waals surface area contributed by atoms with E-state index in [1.54, 1.807) is 6.92 Å². The van der Waals surface area contributed by atoms with Crippen LogP contribution in [0.5, 0.6) is 0 Å². The number of hydrogen-bond donors (Lipinski definition) is 2. The summed E-state index contributed by atoms with van der Waals surface area (Å²) in [4.78, 5) is 11.9. The largest absolute Gasteiger partial charge is 0.393 e. The Labute approximate surface area is 96.6 Å². The van der Waals surface area contributed by atoms with Crippen LogP contribution in [0.1, 0.15) is 45.4 Å². The van der Waals surface area contributed by atoms with Gasteiger partial charge in [0.05, 0.1) is 12.2 Å². The second-order valence-corrected chi connectivity index (χ2v) is 4.65. The Balaban J connectivity index is 2.46. The van der Waals surface area contributed by atoms with Crippen LogP contribution < -0.4 is 5.32 Å². The van der Waals surface area contributed by atoms with Crippen LogP contribution in [-0.4, -0.2) is 23.7 Å². The molecule has 4 heteroatoms. The number of hydrogen-bond acceptors (Lipinski definition) is 3. The van der Waals surface area contributed by atoms with Gasteiger partial charge < -0.3 is 10.4 Å². The highest BCUT2D eigenvalue weighted by Crippen LogP contribution is 2.35. The second kappa shape index (κ2) is 5.86. The zero-order valence-electron chi connectivity index (χ0n) is 9.83. The van der Waals surface area contributed by atoms with E-state index in [2.05, 4.69) is 11.4 Å². The number of carbonyl (C=O) groups is 1. The fraction of sp³-hybridized carbons (Fsp3) is 0.833. The number of aliphatic hydroxyl groups is 1. The summed E-state index contributed by atoms with van der Waals surface area (Å²) in [6.07, 6.45) is 4.49. The first kappa shape index (κ1) is 13.0. The van der Waals surface area contributed by atoms with Gasteiger partial charge in [-0.15, -0.1) is 0 Å². The van der Waals surface area contributed by atoms with E-state index in [0.717, 1.165) is 19.3 Å². The zero-order chi connectivity index (χ0) is 12.0. The highest BCUT2D eigenvalue weighted by molar-refractivity contribution is 5.85. The van der Waals surface area contributed by atoms with Crippen LogP contribution in [0.3, 0.4) is 0 Å². The minimum Gasteiger partial charge on any atom is -0.393 e. The fourth-order valence-corrected chi connectivity index (χ4v) is 2.11. The first-order valence-electron chi connectivity index (χ1n) is 5.98. The minimum absolute atomic E-state index is 0.157. The monoisotopic (exact) mass is 224 g/mol. The topological polar surface area (TPSA) is 73.1 Å². The van der Waals surface area contributed by atoms with Crippen molar-refractivity contribution in [1.82, 2.24) is 5.32 Å². The predicted molar refractivity (Wildman–Crippen MR) is 60.4 cm³/mol. The van der Waals surface area contributed by atoms with Crippen LogP contribution in [-0.2, 0) is 4.79 Å². The van der Waals surface area contributed by atoms with Crippen molar-refractivity contribution in [3.05, 3.63) is 0 Å². The number of nitrogens with one attached hydrogen (secondary N) is 1. The summed E-state index contributed by atoms with van der Waals surface area (Å²) in [6.45, 7) is 2.13. The van der Waals surface area contributed by atoms with E-state index in [1.807, 2.05) is 0 Å². The summed E-state index contributed by atoms with van der Waals surface area (Å²) in [7, 11) is 0. The standard InChI is InChI=1S/C12H20N2O2/c1-10(15)5-8-14-11(16)12(9-13)6-3-2-4-7-12/h10,15H,2-8H2,1H3,(H,14,16). The quantitative estimate of drug-likeness (QED) is 0.757. The van der Waals surface area contributed by atoms with Crippen molar-refractivity contribution in [2.75, 3.05) is 6.54 Å². The van der Waals surface area contributed by atoms with E-state index in [9.17, 15) is 4.79 Å². The Bertz CT molecular complexity index is 275. The van der Waals surface area contributed by atoms with E-state index in [0.29, 0.717) is 25.8 Å². The van der Waals surface area contributed by atoms with Crippen LogP contribution in [0.2, 0.25) is 0 Å². The summed E-state index contributed by atoms with van der Waals surface area (Å²) in [5, 5.41) is 21.0. The van der Waals surface area contributed by atoms with Crippen molar-refractivity contribution < 1.29 is 9.90 Å². The van der Waals surface area contributed by atoms with Gasteiger partial charge in [0.15, 0.2) is 0 Å². The normalized spacial score (nSPS) is 20.8. The van der Waals surface area contributed by atoms with Crippen molar-refractivity contribution >= 4 is 5.91 Å². The fourth-order valence-electron chi connectivity index (χ4n) is 2.11. The molecule has 2 N–H and O–H groups in total. The second-order valence-electron chi connectivity index (χ2n) is 4.65. The first-order valence-corrected chi connectivity index (χ1v) is 5.98. The molecule has 4 nitrogen and oxygen atoms in total. The molecule has 0 radical (unpaired) electrons. The molecule has 1 aliphatic rings. The van der Waals surface area contributed by atoms with Crippen molar-refractivity contribution in [3.8, 4) is 6.07 Å². The van der Waals surface area contributed by atoms with E-state index >= 15 is 0 Å². The molecule has 0 aromatic heterocycles. The number of rotatable bonds is 4.